The maximum Gasteiger partial charge on any atom is 0.253 e. The second-order valence-corrected chi connectivity index (χ2v) is 10.4. The van der Waals surface area contributed by atoms with E-state index in [1.54, 1.807) is 19.2 Å². The molecule has 2 saturated heterocycles. The first kappa shape index (κ1) is 26.9. The summed E-state index contributed by atoms with van der Waals surface area (Å²) in [6.45, 7) is 10.0. The van der Waals surface area contributed by atoms with Crippen LogP contribution in [0, 0.1) is 13.8 Å². The lowest BCUT2D eigenvalue weighted by atomic mass is 9.86. The summed E-state index contributed by atoms with van der Waals surface area (Å²) in [5.74, 6) is 1.08. The fourth-order valence-corrected chi connectivity index (χ4v) is 5.70. The second kappa shape index (κ2) is 12.9. The largest absolute Gasteiger partial charge is 0.492 e. The summed E-state index contributed by atoms with van der Waals surface area (Å²) in [7, 11) is 1.73. The minimum atomic E-state index is 0.107. The van der Waals surface area contributed by atoms with Crippen LogP contribution in [0.25, 0.3) is 0 Å². The number of piperazine rings is 1. The van der Waals surface area contributed by atoms with Crippen molar-refractivity contribution in [2.24, 2.45) is 0 Å². The minimum absolute atomic E-state index is 0.107. The molecule has 2 heterocycles. The molecule has 0 bridgehead atoms. The summed E-state index contributed by atoms with van der Waals surface area (Å²) in [5, 5.41) is 4.05. The van der Waals surface area contributed by atoms with Gasteiger partial charge >= 0.3 is 0 Å². The summed E-state index contributed by atoms with van der Waals surface area (Å²) in [5.41, 5.74) is 4.67. The number of methoxy groups -OCH3 is 1. The number of carbonyl (C=O) groups excluding carboxylic acids is 1. The molecule has 2 atom stereocenters. The first-order valence-corrected chi connectivity index (χ1v) is 13.6. The van der Waals surface area contributed by atoms with Crippen LogP contribution in [0.4, 0.5) is 0 Å². The van der Waals surface area contributed by atoms with Gasteiger partial charge < -0.3 is 19.7 Å². The molecule has 0 aromatic heterocycles. The smallest absolute Gasteiger partial charge is 0.253 e. The minimum Gasteiger partial charge on any atom is -0.492 e. The van der Waals surface area contributed by atoms with Gasteiger partial charge in [0, 0.05) is 62.6 Å². The molecule has 2 aliphatic heterocycles. The van der Waals surface area contributed by atoms with Crippen molar-refractivity contribution in [2.45, 2.75) is 51.6 Å². The lowest BCUT2D eigenvalue weighted by Gasteiger charge is -2.48. The number of hydrogen-bond donors (Lipinski definition) is 1. The lowest BCUT2D eigenvalue weighted by molar-refractivity contribution is 0.0101. The van der Waals surface area contributed by atoms with Crippen LogP contribution in [0.3, 0.4) is 0 Å². The number of nitrogens with zero attached hydrogens (tertiary/aromatic N) is 2. The molecule has 1 unspecified atom stereocenters. The van der Waals surface area contributed by atoms with Gasteiger partial charge in [0.05, 0.1) is 0 Å². The Morgan fingerprint density at radius 1 is 1.03 bits per heavy atom. The van der Waals surface area contributed by atoms with E-state index in [2.05, 4.69) is 36.2 Å². The Balaban J connectivity index is 1.37. The predicted octanol–water partition coefficient (Wildman–Crippen LogP) is 5.01. The van der Waals surface area contributed by atoms with Crippen molar-refractivity contribution >= 4 is 17.5 Å². The van der Waals surface area contributed by atoms with Gasteiger partial charge in [0.2, 0.25) is 0 Å². The third-order valence-electron chi connectivity index (χ3n) is 7.70. The topological polar surface area (TPSA) is 54.0 Å². The number of rotatable bonds is 10. The average molecular weight is 514 g/mol. The van der Waals surface area contributed by atoms with Crippen molar-refractivity contribution in [3.05, 3.63) is 63.7 Å². The molecular weight excluding hydrogens is 474 g/mol. The highest BCUT2D eigenvalue weighted by Crippen LogP contribution is 2.39. The third kappa shape index (κ3) is 6.41. The quantitative estimate of drug-likeness (QED) is 0.452. The normalized spacial score (nSPS) is 20.3. The molecule has 1 amide bonds. The maximum atomic E-state index is 13.1. The molecular formula is C29H40ClN3O3. The van der Waals surface area contributed by atoms with E-state index in [9.17, 15) is 4.79 Å². The van der Waals surface area contributed by atoms with Gasteiger partial charge in [0.1, 0.15) is 12.4 Å². The van der Waals surface area contributed by atoms with E-state index in [-0.39, 0.29) is 5.91 Å². The van der Waals surface area contributed by atoms with Gasteiger partial charge in [0.25, 0.3) is 5.91 Å². The van der Waals surface area contributed by atoms with Gasteiger partial charge in [-0.3, -0.25) is 9.69 Å². The zero-order valence-corrected chi connectivity index (χ0v) is 22.7. The first-order valence-electron chi connectivity index (χ1n) is 13.2. The Hall–Kier alpha value is -2.12. The molecule has 4 rings (SSSR count). The van der Waals surface area contributed by atoms with Gasteiger partial charge in [-0.1, -0.05) is 17.7 Å². The third-order valence-corrected chi connectivity index (χ3v) is 7.95. The van der Waals surface area contributed by atoms with Gasteiger partial charge in [-0.2, -0.15) is 0 Å². The molecule has 2 aromatic carbocycles. The molecule has 0 spiro atoms. The van der Waals surface area contributed by atoms with Crippen LogP contribution >= 0.6 is 11.6 Å². The van der Waals surface area contributed by atoms with Crippen molar-refractivity contribution in [3.8, 4) is 5.75 Å². The Bertz CT molecular complexity index is 1010. The predicted molar refractivity (Wildman–Crippen MR) is 145 cm³/mol. The zero-order valence-electron chi connectivity index (χ0n) is 21.9. The summed E-state index contributed by atoms with van der Waals surface area (Å²) in [6.07, 6.45) is 4.49. The van der Waals surface area contributed by atoms with E-state index in [0.29, 0.717) is 29.3 Å². The number of amides is 1. The number of hydrogen-bond acceptors (Lipinski definition) is 5. The van der Waals surface area contributed by atoms with Crippen molar-refractivity contribution < 1.29 is 14.3 Å². The second-order valence-electron chi connectivity index (χ2n) is 9.94. The number of benzene rings is 2. The summed E-state index contributed by atoms with van der Waals surface area (Å²) < 4.78 is 11.2. The Kier molecular flexibility index (Phi) is 9.66. The number of fused-ring (bicyclic) bond motifs is 1. The van der Waals surface area contributed by atoms with E-state index in [4.69, 9.17) is 21.1 Å². The van der Waals surface area contributed by atoms with Crippen molar-refractivity contribution in [1.82, 2.24) is 15.1 Å². The van der Waals surface area contributed by atoms with Crippen LogP contribution in [-0.4, -0.2) is 74.8 Å². The van der Waals surface area contributed by atoms with Crippen LogP contribution in [0.2, 0.25) is 5.02 Å². The molecule has 1 N–H and O–H groups in total. The summed E-state index contributed by atoms with van der Waals surface area (Å²) in [4.78, 5) is 17.7. The standard InChI is InChI=1S/C29H40ClN3O3/c1-21-22(2)28(36-19-15-31-14-5-18-35-3)13-12-26(21)27-7-4-6-25-20-32(16-17-33(25)27)29(34)23-8-10-24(30)11-9-23/h8-13,25,27,31H,4-7,14-20H2,1-3H3/t25-,27?/m0/s1. The summed E-state index contributed by atoms with van der Waals surface area (Å²) >= 11 is 6.01. The summed E-state index contributed by atoms with van der Waals surface area (Å²) in [6, 6.07) is 12.4. The molecule has 6 nitrogen and oxygen atoms in total. The van der Waals surface area contributed by atoms with Crippen LogP contribution in [0.5, 0.6) is 5.75 Å². The molecule has 2 aromatic rings. The van der Waals surface area contributed by atoms with Gasteiger partial charge in [-0.05, 0) is 93.1 Å². The first-order chi connectivity index (χ1) is 17.5. The Labute approximate surface area is 220 Å². The highest BCUT2D eigenvalue weighted by atomic mass is 35.5. The number of halogens is 1. The van der Waals surface area contributed by atoms with E-state index in [0.717, 1.165) is 64.3 Å². The van der Waals surface area contributed by atoms with Crippen LogP contribution in [0.1, 0.15) is 58.8 Å². The molecule has 196 valence electrons. The fraction of sp³-hybridized carbons (Fsp3) is 0.552. The Morgan fingerprint density at radius 2 is 1.83 bits per heavy atom. The van der Waals surface area contributed by atoms with Crippen molar-refractivity contribution in [1.29, 1.82) is 0 Å². The fourth-order valence-electron chi connectivity index (χ4n) is 5.58. The van der Waals surface area contributed by atoms with E-state index >= 15 is 0 Å². The highest BCUT2D eigenvalue weighted by molar-refractivity contribution is 6.30. The monoisotopic (exact) mass is 513 g/mol. The van der Waals surface area contributed by atoms with Gasteiger partial charge in [-0.15, -0.1) is 0 Å². The molecule has 2 aliphatic rings. The zero-order chi connectivity index (χ0) is 25.5. The van der Waals surface area contributed by atoms with Gasteiger partial charge in [-0.25, -0.2) is 0 Å². The molecule has 0 saturated carbocycles. The average Bonchev–Trinajstić information content (AvgIpc) is 2.90. The van der Waals surface area contributed by atoms with Gasteiger partial charge in [0.15, 0.2) is 0 Å². The number of ether oxygens (including phenoxy) is 2. The van der Waals surface area contributed by atoms with Crippen molar-refractivity contribution in [3.63, 3.8) is 0 Å². The van der Waals surface area contributed by atoms with Crippen molar-refractivity contribution in [2.75, 3.05) is 53.0 Å². The van der Waals surface area contributed by atoms with Crippen LogP contribution in [-0.2, 0) is 4.74 Å². The van der Waals surface area contributed by atoms with E-state index in [1.165, 1.54) is 23.1 Å². The molecule has 7 heteroatoms. The number of piperidine rings is 1. The SMILES string of the molecule is COCCCNCCOc1ccc(C2CCC[C@H]3CN(C(=O)c4ccc(Cl)cc4)CCN23)c(C)c1C. The molecule has 36 heavy (non-hydrogen) atoms. The van der Waals surface area contributed by atoms with E-state index in [1.807, 2.05) is 17.0 Å². The van der Waals surface area contributed by atoms with Crippen LogP contribution < -0.4 is 10.1 Å². The lowest BCUT2D eigenvalue weighted by Crippen LogP contribution is -2.57. The highest BCUT2D eigenvalue weighted by Gasteiger charge is 2.37. The molecule has 0 radical (unpaired) electrons. The molecule has 0 aliphatic carbocycles. The molecule has 2 fully saturated rings. The Morgan fingerprint density at radius 3 is 2.61 bits per heavy atom. The number of carbonyl (C=O) groups is 1. The maximum absolute atomic E-state index is 13.1. The van der Waals surface area contributed by atoms with Crippen LogP contribution in [0.15, 0.2) is 36.4 Å². The number of nitrogens with one attached hydrogen (secondary N) is 1. The van der Waals surface area contributed by atoms with E-state index < -0.39 is 0 Å².